The van der Waals surface area contributed by atoms with Crippen molar-refractivity contribution in [3.8, 4) is 5.75 Å². The van der Waals surface area contributed by atoms with Crippen molar-refractivity contribution in [3.05, 3.63) is 118 Å². The zero-order valence-electron chi connectivity index (χ0n) is 18.8. The second kappa shape index (κ2) is 10.0. The predicted octanol–water partition coefficient (Wildman–Crippen LogP) is 5.18. The van der Waals surface area contributed by atoms with Gasteiger partial charge in [0.05, 0.1) is 22.7 Å². The largest absolute Gasteiger partial charge is 0.503 e. The van der Waals surface area contributed by atoms with Crippen molar-refractivity contribution in [2.45, 2.75) is 13.0 Å². The highest BCUT2D eigenvalue weighted by molar-refractivity contribution is 6.20. The summed E-state index contributed by atoms with van der Waals surface area (Å²) in [4.78, 5) is 38.9. The van der Waals surface area contributed by atoms with E-state index in [1.165, 1.54) is 29.2 Å². The number of carbonyl (C=O) groups is 2. The Hall–Kier alpha value is -4.72. The zero-order valence-corrected chi connectivity index (χ0v) is 18.8. The maximum absolute atomic E-state index is 13.3. The standard InChI is InChI=1S/C27H22N2O6/c1-2-35-20-15-13-19(14-16-20)28-25(21-10-6-7-11-22(21)29(33)34)24(26(31)27(28)32)23(30)17-12-18-8-4-3-5-9-18/h3-17,25,31H,2H2,1H3/b17-12+/t25-/m0/s1. The summed E-state index contributed by atoms with van der Waals surface area (Å²) in [6, 6.07) is 20.2. The Balaban J connectivity index is 1.82. The molecule has 8 heteroatoms. The fourth-order valence-corrected chi connectivity index (χ4v) is 4.00. The van der Waals surface area contributed by atoms with Crippen LogP contribution in [0.2, 0.25) is 0 Å². The molecule has 1 heterocycles. The fraction of sp³-hybridized carbons (Fsp3) is 0.111. The molecule has 1 amide bonds. The maximum atomic E-state index is 13.3. The third-order valence-corrected chi connectivity index (χ3v) is 5.55. The van der Waals surface area contributed by atoms with Crippen LogP contribution in [-0.4, -0.2) is 28.3 Å². The van der Waals surface area contributed by atoms with E-state index in [1.54, 1.807) is 48.5 Å². The molecule has 8 nitrogen and oxygen atoms in total. The third-order valence-electron chi connectivity index (χ3n) is 5.55. The predicted molar refractivity (Wildman–Crippen MR) is 131 cm³/mol. The number of aliphatic hydroxyl groups is 1. The summed E-state index contributed by atoms with van der Waals surface area (Å²) in [6.45, 7) is 2.29. The lowest BCUT2D eigenvalue weighted by molar-refractivity contribution is -0.385. The van der Waals surface area contributed by atoms with Gasteiger partial charge in [0.25, 0.3) is 11.6 Å². The molecule has 0 saturated heterocycles. The lowest BCUT2D eigenvalue weighted by Crippen LogP contribution is -2.31. The minimum atomic E-state index is -1.20. The number of nitro groups is 1. The highest BCUT2D eigenvalue weighted by Crippen LogP contribution is 2.44. The lowest BCUT2D eigenvalue weighted by Gasteiger charge is -2.26. The molecule has 176 valence electrons. The van der Waals surface area contributed by atoms with Crippen LogP contribution in [0.15, 0.2) is 96.3 Å². The van der Waals surface area contributed by atoms with Crippen LogP contribution < -0.4 is 9.64 Å². The van der Waals surface area contributed by atoms with Crippen LogP contribution in [-0.2, 0) is 9.59 Å². The first kappa shape index (κ1) is 23.4. The van der Waals surface area contributed by atoms with E-state index in [1.807, 2.05) is 25.1 Å². The number of benzene rings is 3. The highest BCUT2D eigenvalue weighted by Gasteiger charge is 2.46. The Bertz CT molecular complexity index is 1330. The van der Waals surface area contributed by atoms with Gasteiger partial charge in [-0.3, -0.25) is 24.6 Å². The van der Waals surface area contributed by atoms with Gasteiger partial charge in [-0.15, -0.1) is 0 Å². The van der Waals surface area contributed by atoms with E-state index in [4.69, 9.17) is 4.74 Å². The molecule has 3 aromatic carbocycles. The number of rotatable bonds is 8. The normalized spacial score (nSPS) is 15.6. The molecule has 4 rings (SSSR count). The third kappa shape index (κ3) is 4.67. The average Bonchev–Trinajstić information content (AvgIpc) is 3.14. The van der Waals surface area contributed by atoms with Crippen LogP contribution in [0.3, 0.4) is 0 Å². The topological polar surface area (TPSA) is 110 Å². The number of allylic oxidation sites excluding steroid dienone is 1. The van der Waals surface area contributed by atoms with Crippen molar-refractivity contribution in [2.24, 2.45) is 0 Å². The summed E-state index contributed by atoms with van der Waals surface area (Å²) in [5.41, 5.74) is 0.706. The van der Waals surface area contributed by atoms with E-state index in [0.29, 0.717) is 18.0 Å². The van der Waals surface area contributed by atoms with Crippen molar-refractivity contribution in [1.29, 1.82) is 0 Å². The second-order valence-corrected chi connectivity index (χ2v) is 7.69. The molecule has 1 atom stereocenters. The number of nitrogens with zero attached hydrogens (tertiary/aromatic N) is 2. The first-order valence-electron chi connectivity index (χ1n) is 10.9. The summed E-state index contributed by atoms with van der Waals surface area (Å²) in [5, 5.41) is 22.6. The molecule has 1 aliphatic rings. The van der Waals surface area contributed by atoms with Gasteiger partial charge in [0.15, 0.2) is 11.5 Å². The summed E-state index contributed by atoms with van der Waals surface area (Å²) in [5.74, 6) is -1.63. The summed E-state index contributed by atoms with van der Waals surface area (Å²) < 4.78 is 5.45. The number of ketones is 1. The van der Waals surface area contributed by atoms with Crippen molar-refractivity contribution < 1.29 is 24.4 Å². The van der Waals surface area contributed by atoms with Crippen LogP contribution >= 0.6 is 0 Å². The minimum absolute atomic E-state index is 0.111. The molecule has 0 bridgehead atoms. The summed E-state index contributed by atoms with van der Waals surface area (Å²) in [6.07, 6.45) is 2.81. The number of ether oxygens (including phenoxy) is 1. The quantitative estimate of drug-likeness (QED) is 0.276. The molecular weight excluding hydrogens is 448 g/mol. The molecule has 1 N–H and O–H groups in total. The van der Waals surface area contributed by atoms with Crippen molar-refractivity contribution >= 4 is 29.1 Å². The maximum Gasteiger partial charge on any atom is 0.294 e. The molecule has 0 unspecified atom stereocenters. The molecule has 0 spiro atoms. The zero-order chi connectivity index (χ0) is 24.9. The first-order chi connectivity index (χ1) is 16.9. The Labute approximate surface area is 201 Å². The molecule has 0 aliphatic carbocycles. The van der Waals surface area contributed by atoms with Gasteiger partial charge in [0, 0.05) is 11.8 Å². The molecular formula is C27H22N2O6. The van der Waals surface area contributed by atoms with Crippen LogP contribution in [0.5, 0.6) is 5.75 Å². The molecule has 0 saturated carbocycles. The molecule has 0 fully saturated rings. The van der Waals surface area contributed by atoms with Gasteiger partial charge in [-0.05, 0) is 48.9 Å². The summed E-state index contributed by atoms with van der Waals surface area (Å²) in [7, 11) is 0. The van der Waals surface area contributed by atoms with E-state index in [9.17, 15) is 24.8 Å². The van der Waals surface area contributed by atoms with Gasteiger partial charge in [-0.25, -0.2) is 0 Å². The number of carbonyl (C=O) groups excluding carboxylic acids is 2. The number of anilines is 1. The molecule has 35 heavy (non-hydrogen) atoms. The van der Waals surface area contributed by atoms with Gasteiger partial charge < -0.3 is 9.84 Å². The number of para-hydroxylation sites is 1. The smallest absolute Gasteiger partial charge is 0.294 e. The van der Waals surface area contributed by atoms with Crippen LogP contribution in [0.1, 0.15) is 24.1 Å². The van der Waals surface area contributed by atoms with E-state index >= 15 is 0 Å². The van der Waals surface area contributed by atoms with Crippen molar-refractivity contribution in [1.82, 2.24) is 0 Å². The molecule has 0 radical (unpaired) electrons. The SMILES string of the molecule is CCOc1ccc(N2C(=O)C(O)=C(C(=O)/C=C/c3ccccc3)[C@@H]2c2ccccc2[N+](=O)[O-])cc1. The number of nitro benzene ring substituents is 1. The van der Waals surface area contributed by atoms with Gasteiger partial charge in [-0.2, -0.15) is 0 Å². The van der Waals surface area contributed by atoms with Gasteiger partial charge in [-0.1, -0.05) is 48.5 Å². The van der Waals surface area contributed by atoms with Gasteiger partial charge in [0.2, 0.25) is 0 Å². The number of hydrogen-bond donors (Lipinski definition) is 1. The van der Waals surface area contributed by atoms with Crippen molar-refractivity contribution in [3.63, 3.8) is 0 Å². The fourth-order valence-electron chi connectivity index (χ4n) is 4.00. The first-order valence-corrected chi connectivity index (χ1v) is 10.9. The van der Waals surface area contributed by atoms with E-state index in [-0.39, 0.29) is 16.8 Å². The minimum Gasteiger partial charge on any atom is -0.503 e. The van der Waals surface area contributed by atoms with E-state index in [2.05, 4.69) is 0 Å². The Morgan fingerprint density at radius 3 is 2.37 bits per heavy atom. The highest BCUT2D eigenvalue weighted by atomic mass is 16.6. The van der Waals surface area contributed by atoms with Gasteiger partial charge in [0.1, 0.15) is 11.8 Å². The average molecular weight is 470 g/mol. The molecule has 1 aliphatic heterocycles. The van der Waals surface area contributed by atoms with E-state index in [0.717, 1.165) is 5.56 Å². The number of amides is 1. The Morgan fingerprint density at radius 2 is 1.71 bits per heavy atom. The van der Waals surface area contributed by atoms with Gasteiger partial charge >= 0.3 is 0 Å². The second-order valence-electron chi connectivity index (χ2n) is 7.69. The van der Waals surface area contributed by atoms with Crippen LogP contribution in [0, 0.1) is 10.1 Å². The van der Waals surface area contributed by atoms with Crippen LogP contribution in [0.25, 0.3) is 6.08 Å². The molecule has 0 aromatic heterocycles. The van der Waals surface area contributed by atoms with Crippen LogP contribution in [0.4, 0.5) is 11.4 Å². The number of aliphatic hydroxyl groups excluding tert-OH is 1. The lowest BCUT2D eigenvalue weighted by atomic mass is 9.94. The van der Waals surface area contributed by atoms with Crippen molar-refractivity contribution in [2.75, 3.05) is 11.5 Å². The van der Waals surface area contributed by atoms with E-state index < -0.39 is 28.4 Å². The molecule has 3 aromatic rings. The summed E-state index contributed by atoms with van der Waals surface area (Å²) >= 11 is 0. The Kier molecular flexibility index (Phi) is 6.73. The Morgan fingerprint density at radius 1 is 1.06 bits per heavy atom. The number of hydrogen-bond acceptors (Lipinski definition) is 6. The monoisotopic (exact) mass is 470 g/mol.